The fourth-order valence-corrected chi connectivity index (χ4v) is 1.74. The zero-order chi connectivity index (χ0) is 12.6. The molecule has 0 radical (unpaired) electrons. The minimum atomic E-state index is -1.13. The van der Waals surface area contributed by atoms with Crippen molar-refractivity contribution in [1.82, 2.24) is 9.55 Å². The van der Waals surface area contributed by atoms with Crippen LogP contribution in [0.2, 0.25) is 0 Å². The Kier molecular flexibility index (Phi) is 2.59. The summed E-state index contributed by atoms with van der Waals surface area (Å²) in [5, 5.41) is 9.02. The van der Waals surface area contributed by atoms with Gasteiger partial charge < -0.3 is 10.1 Å². The lowest BCUT2D eigenvalue weighted by Crippen LogP contribution is -2.20. The average Bonchev–Trinajstić information content (AvgIpc) is 2.65. The lowest BCUT2D eigenvalue weighted by Gasteiger charge is -2.09. The molecule has 5 heteroatoms. The molecule has 2 N–H and O–H groups in total. The molecule has 0 saturated heterocycles. The number of H-pyrrole nitrogens is 1. The van der Waals surface area contributed by atoms with Gasteiger partial charge in [0.2, 0.25) is 0 Å². The van der Waals surface area contributed by atoms with E-state index < -0.39 is 11.7 Å². The molecule has 17 heavy (non-hydrogen) atoms. The normalized spacial score (nSPS) is 10.5. The van der Waals surface area contributed by atoms with Gasteiger partial charge in [0.15, 0.2) is 5.69 Å². The maximum atomic E-state index is 11.7. The summed E-state index contributed by atoms with van der Waals surface area (Å²) < 4.78 is 1.17. The molecule has 0 aliphatic carbocycles. The van der Waals surface area contributed by atoms with Crippen LogP contribution in [-0.4, -0.2) is 20.6 Å². The zero-order valence-electron chi connectivity index (χ0n) is 9.52. The van der Waals surface area contributed by atoms with Gasteiger partial charge in [0.25, 0.3) is 0 Å². The lowest BCUT2D eigenvalue weighted by atomic mass is 10.1. The predicted octanol–water partition coefficient (Wildman–Crippen LogP) is 1.48. The summed E-state index contributed by atoms with van der Waals surface area (Å²) in [6.07, 6.45) is 1.20. The van der Waals surface area contributed by atoms with Gasteiger partial charge in [-0.15, -0.1) is 0 Å². The number of rotatable bonds is 2. The van der Waals surface area contributed by atoms with Gasteiger partial charge in [-0.25, -0.2) is 9.59 Å². The van der Waals surface area contributed by atoms with Crippen molar-refractivity contribution >= 4 is 5.97 Å². The van der Waals surface area contributed by atoms with Crippen LogP contribution in [0.25, 0.3) is 5.69 Å². The molecule has 1 heterocycles. The molecule has 0 aliphatic rings. The van der Waals surface area contributed by atoms with Gasteiger partial charge in [-0.1, -0.05) is 12.1 Å². The number of benzene rings is 1. The fourth-order valence-electron chi connectivity index (χ4n) is 1.74. The van der Waals surface area contributed by atoms with E-state index in [9.17, 15) is 9.59 Å². The molecule has 0 amide bonds. The number of hydrogen-bond donors (Lipinski definition) is 2. The van der Waals surface area contributed by atoms with Gasteiger partial charge in [0, 0.05) is 6.20 Å². The van der Waals surface area contributed by atoms with Crippen LogP contribution >= 0.6 is 0 Å². The molecule has 5 nitrogen and oxygen atoms in total. The fraction of sp³-hybridized carbons (Fsp3) is 0.167. The topological polar surface area (TPSA) is 75.1 Å². The number of nitrogens with zero attached hydrogens (tertiary/aromatic N) is 1. The van der Waals surface area contributed by atoms with Crippen LogP contribution in [0.1, 0.15) is 21.6 Å². The van der Waals surface area contributed by atoms with Crippen molar-refractivity contribution in [2.24, 2.45) is 0 Å². The van der Waals surface area contributed by atoms with E-state index in [0.29, 0.717) is 5.69 Å². The Bertz CT molecular complexity index is 637. The summed E-state index contributed by atoms with van der Waals surface area (Å²) in [7, 11) is 0. The average molecular weight is 232 g/mol. The highest BCUT2D eigenvalue weighted by Gasteiger charge is 2.16. The molecule has 0 spiro atoms. The van der Waals surface area contributed by atoms with Gasteiger partial charge in [0.1, 0.15) is 0 Å². The molecule has 0 saturated carbocycles. The minimum absolute atomic E-state index is 0.0660. The van der Waals surface area contributed by atoms with Crippen molar-refractivity contribution in [2.75, 3.05) is 0 Å². The zero-order valence-corrected chi connectivity index (χ0v) is 9.52. The molecule has 0 atom stereocenters. The SMILES string of the molecule is Cc1cccc(-n2c(C(=O)O)c[nH]c2=O)c1C. The summed E-state index contributed by atoms with van der Waals surface area (Å²) >= 11 is 0. The quantitative estimate of drug-likeness (QED) is 0.823. The number of nitrogens with one attached hydrogen (secondary N) is 1. The highest BCUT2D eigenvalue weighted by Crippen LogP contribution is 2.17. The summed E-state index contributed by atoms with van der Waals surface area (Å²) in [4.78, 5) is 25.1. The maximum Gasteiger partial charge on any atom is 0.354 e. The molecule has 0 bridgehead atoms. The molecule has 1 aromatic heterocycles. The van der Waals surface area contributed by atoms with Crippen molar-refractivity contribution in [3.63, 3.8) is 0 Å². The summed E-state index contributed by atoms with van der Waals surface area (Å²) in [6, 6.07) is 5.43. The van der Waals surface area contributed by atoms with Crippen molar-refractivity contribution in [3.05, 3.63) is 51.7 Å². The molecule has 0 aliphatic heterocycles. The van der Waals surface area contributed by atoms with Crippen LogP contribution < -0.4 is 5.69 Å². The highest BCUT2D eigenvalue weighted by molar-refractivity contribution is 5.86. The number of aromatic nitrogens is 2. The van der Waals surface area contributed by atoms with E-state index >= 15 is 0 Å². The van der Waals surface area contributed by atoms with Gasteiger partial charge in [-0.05, 0) is 31.0 Å². The van der Waals surface area contributed by atoms with Crippen molar-refractivity contribution in [1.29, 1.82) is 0 Å². The van der Waals surface area contributed by atoms with Crippen molar-refractivity contribution in [3.8, 4) is 5.69 Å². The van der Waals surface area contributed by atoms with Crippen molar-refractivity contribution in [2.45, 2.75) is 13.8 Å². The van der Waals surface area contributed by atoms with Gasteiger partial charge in [-0.3, -0.25) is 4.57 Å². The summed E-state index contributed by atoms with van der Waals surface area (Å²) in [5.41, 5.74) is 1.97. The lowest BCUT2D eigenvalue weighted by molar-refractivity contribution is 0.0688. The number of carboxylic acid groups (broad SMARTS) is 1. The summed E-state index contributed by atoms with van der Waals surface area (Å²) in [5.74, 6) is -1.13. The van der Waals surface area contributed by atoms with E-state index in [-0.39, 0.29) is 5.69 Å². The van der Waals surface area contributed by atoms with Crippen LogP contribution in [0.15, 0.2) is 29.2 Å². The Morgan fingerprint density at radius 1 is 1.35 bits per heavy atom. The summed E-state index contributed by atoms with van der Waals surface area (Å²) in [6.45, 7) is 3.77. The van der Waals surface area contributed by atoms with E-state index in [4.69, 9.17) is 5.11 Å². The molecule has 2 rings (SSSR count). The largest absolute Gasteiger partial charge is 0.477 e. The number of carboxylic acids is 1. The molecule has 1 aromatic carbocycles. The van der Waals surface area contributed by atoms with Crippen LogP contribution in [0, 0.1) is 13.8 Å². The molecule has 2 aromatic rings. The number of carbonyl (C=O) groups is 1. The smallest absolute Gasteiger partial charge is 0.354 e. The molecular weight excluding hydrogens is 220 g/mol. The second-order valence-electron chi connectivity index (χ2n) is 3.84. The van der Waals surface area contributed by atoms with E-state index in [1.165, 1.54) is 10.8 Å². The third kappa shape index (κ3) is 1.75. The first-order valence-corrected chi connectivity index (χ1v) is 5.12. The molecule has 0 fully saturated rings. The number of imidazole rings is 1. The Labute approximate surface area is 97.3 Å². The molecule has 0 unspecified atom stereocenters. The number of aryl methyl sites for hydroxylation is 1. The Balaban J connectivity index is 2.77. The van der Waals surface area contributed by atoms with Crippen LogP contribution in [-0.2, 0) is 0 Å². The standard InChI is InChI=1S/C12H12N2O3/c1-7-4-3-5-9(8(7)2)14-10(11(15)16)6-13-12(14)17/h3-6H,1-2H3,(H,13,17)(H,15,16). The predicted molar refractivity (Wildman–Crippen MR) is 62.8 cm³/mol. The van der Waals surface area contributed by atoms with Gasteiger partial charge in [0.05, 0.1) is 5.69 Å². The van der Waals surface area contributed by atoms with Crippen LogP contribution in [0.3, 0.4) is 0 Å². The van der Waals surface area contributed by atoms with Gasteiger partial charge >= 0.3 is 11.7 Å². The number of aromatic carboxylic acids is 1. The van der Waals surface area contributed by atoms with Crippen LogP contribution in [0.5, 0.6) is 0 Å². The monoisotopic (exact) mass is 232 g/mol. The third-order valence-electron chi connectivity index (χ3n) is 2.81. The first kappa shape index (κ1) is 11.2. The highest BCUT2D eigenvalue weighted by atomic mass is 16.4. The van der Waals surface area contributed by atoms with Gasteiger partial charge in [-0.2, -0.15) is 0 Å². The minimum Gasteiger partial charge on any atom is -0.477 e. The second-order valence-corrected chi connectivity index (χ2v) is 3.84. The Hall–Kier alpha value is -2.30. The second kappa shape index (κ2) is 3.93. The Morgan fingerprint density at radius 2 is 2.06 bits per heavy atom. The van der Waals surface area contributed by atoms with Crippen LogP contribution in [0.4, 0.5) is 0 Å². The number of hydrogen-bond acceptors (Lipinski definition) is 2. The van der Waals surface area contributed by atoms with E-state index in [2.05, 4.69) is 4.98 Å². The van der Waals surface area contributed by atoms with E-state index in [1.54, 1.807) is 12.1 Å². The maximum absolute atomic E-state index is 11.7. The van der Waals surface area contributed by atoms with E-state index in [0.717, 1.165) is 11.1 Å². The van der Waals surface area contributed by atoms with E-state index in [1.807, 2.05) is 19.9 Å². The Morgan fingerprint density at radius 3 is 2.71 bits per heavy atom. The third-order valence-corrected chi connectivity index (χ3v) is 2.81. The first-order valence-electron chi connectivity index (χ1n) is 5.12. The number of aromatic amines is 1. The van der Waals surface area contributed by atoms with Crippen molar-refractivity contribution < 1.29 is 9.90 Å². The molecular formula is C12H12N2O3. The molecule has 88 valence electrons. The first-order chi connectivity index (χ1) is 8.02.